The van der Waals surface area contributed by atoms with Crippen molar-refractivity contribution in [3.8, 4) is 11.5 Å². The molecule has 0 aliphatic rings. The molecule has 0 bridgehead atoms. The molecule has 138 valence electrons. The molecule has 0 fully saturated rings. The molecule has 3 aromatic rings. The summed E-state index contributed by atoms with van der Waals surface area (Å²) in [5.74, 6) is -1.08. The van der Waals surface area contributed by atoms with Gasteiger partial charge < -0.3 is 10.1 Å². The number of hydrogen-bond donors (Lipinski definition) is 1. The number of rotatable bonds is 4. The van der Waals surface area contributed by atoms with Crippen LogP contribution in [0.2, 0.25) is 0 Å². The number of hydrogen-bond acceptors (Lipinski definition) is 3. The topological polar surface area (TPSA) is 51.2 Å². The van der Waals surface area contributed by atoms with Gasteiger partial charge in [-0.15, -0.1) is 0 Å². The normalized spacial score (nSPS) is 11.1. The summed E-state index contributed by atoms with van der Waals surface area (Å²) in [5.41, 5.74) is -1.00. The second-order valence-corrected chi connectivity index (χ2v) is 5.50. The van der Waals surface area contributed by atoms with E-state index >= 15 is 0 Å². The molecule has 4 nitrogen and oxygen atoms in total. The molecule has 27 heavy (non-hydrogen) atoms. The highest BCUT2D eigenvalue weighted by molar-refractivity contribution is 6.04. The molecule has 0 saturated heterocycles. The average Bonchev–Trinajstić information content (AvgIpc) is 2.62. The zero-order chi connectivity index (χ0) is 19.4. The van der Waals surface area contributed by atoms with E-state index in [1.807, 2.05) is 0 Å². The van der Waals surface area contributed by atoms with Crippen LogP contribution >= 0.6 is 0 Å². The van der Waals surface area contributed by atoms with Crippen LogP contribution in [0.15, 0.2) is 67.0 Å². The van der Waals surface area contributed by atoms with Gasteiger partial charge >= 0.3 is 6.18 Å². The smallest absolute Gasteiger partial charge is 0.416 e. The van der Waals surface area contributed by atoms with Crippen molar-refractivity contribution in [3.05, 3.63) is 83.9 Å². The molecule has 0 atom stereocenters. The number of carbonyl (C=O) groups is 1. The number of halogens is 4. The summed E-state index contributed by atoms with van der Waals surface area (Å²) in [6.07, 6.45) is -1.80. The molecule has 0 unspecified atom stereocenters. The summed E-state index contributed by atoms with van der Waals surface area (Å²) >= 11 is 0. The van der Waals surface area contributed by atoms with Gasteiger partial charge in [0, 0.05) is 23.5 Å². The molecule has 2 aromatic carbocycles. The van der Waals surface area contributed by atoms with Crippen LogP contribution in [0, 0.1) is 5.82 Å². The maximum atomic E-state index is 13.2. The summed E-state index contributed by atoms with van der Waals surface area (Å²) in [7, 11) is 0. The third kappa shape index (κ3) is 4.81. The van der Waals surface area contributed by atoms with Gasteiger partial charge in [-0.2, -0.15) is 13.2 Å². The van der Waals surface area contributed by atoms with Gasteiger partial charge in [0.15, 0.2) is 0 Å². The molecule has 0 spiro atoms. The first-order valence-corrected chi connectivity index (χ1v) is 7.68. The third-order valence-electron chi connectivity index (χ3n) is 3.47. The van der Waals surface area contributed by atoms with Gasteiger partial charge in [0.2, 0.25) is 0 Å². The molecule has 8 heteroatoms. The molecule has 1 heterocycles. The van der Waals surface area contributed by atoms with E-state index in [0.717, 1.165) is 24.3 Å². The van der Waals surface area contributed by atoms with E-state index in [4.69, 9.17) is 4.74 Å². The Balaban J connectivity index is 1.90. The molecule has 0 saturated carbocycles. The Hall–Kier alpha value is -3.42. The number of anilines is 1. The Morgan fingerprint density at radius 3 is 2.37 bits per heavy atom. The van der Waals surface area contributed by atoms with E-state index in [0.29, 0.717) is 0 Å². The molecule has 3 rings (SSSR count). The number of ether oxygens (including phenoxy) is 1. The maximum Gasteiger partial charge on any atom is 0.416 e. The zero-order valence-corrected chi connectivity index (χ0v) is 13.6. The first-order chi connectivity index (χ1) is 12.8. The number of nitrogens with one attached hydrogen (secondary N) is 1. The Morgan fingerprint density at radius 2 is 1.74 bits per heavy atom. The van der Waals surface area contributed by atoms with Crippen molar-refractivity contribution in [2.24, 2.45) is 0 Å². The standard InChI is InChI=1S/C19H12F4N2O2/c20-14-5-3-12(4-6-14)18(26)25-15-8-13(19(21,22)23)9-17(10-15)27-16-2-1-7-24-11-16/h1-11H,(H,25,26). The molecule has 1 aromatic heterocycles. The lowest BCUT2D eigenvalue weighted by atomic mass is 10.1. The first kappa shape index (κ1) is 18.4. The average molecular weight is 376 g/mol. The van der Waals surface area contributed by atoms with Crippen LogP contribution in [-0.2, 0) is 6.18 Å². The van der Waals surface area contributed by atoms with Crippen molar-refractivity contribution < 1.29 is 27.1 Å². The van der Waals surface area contributed by atoms with E-state index < -0.39 is 23.5 Å². The minimum atomic E-state index is -4.64. The zero-order valence-electron chi connectivity index (χ0n) is 13.6. The van der Waals surface area contributed by atoms with E-state index in [9.17, 15) is 22.4 Å². The Bertz CT molecular complexity index is 942. The maximum absolute atomic E-state index is 13.2. The lowest BCUT2D eigenvalue weighted by Crippen LogP contribution is -2.13. The van der Waals surface area contributed by atoms with E-state index in [1.54, 1.807) is 6.07 Å². The Labute approximate surface area is 151 Å². The highest BCUT2D eigenvalue weighted by Crippen LogP contribution is 2.35. The van der Waals surface area contributed by atoms with Crippen molar-refractivity contribution in [2.45, 2.75) is 6.18 Å². The van der Waals surface area contributed by atoms with Gasteiger partial charge in [-0.25, -0.2) is 4.39 Å². The van der Waals surface area contributed by atoms with Crippen LogP contribution < -0.4 is 10.1 Å². The highest BCUT2D eigenvalue weighted by Gasteiger charge is 2.31. The van der Waals surface area contributed by atoms with Crippen LogP contribution in [0.1, 0.15) is 15.9 Å². The van der Waals surface area contributed by atoms with Crippen LogP contribution in [0.4, 0.5) is 23.2 Å². The van der Waals surface area contributed by atoms with Crippen molar-refractivity contribution in [1.82, 2.24) is 4.98 Å². The van der Waals surface area contributed by atoms with Crippen molar-refractivity contribution in [3.63, 3.8) is 0 Å². The summed E-state index contributed by atoms with van der Waals surface area (Å²) in [5, 5.41) is 2.36. The third-order valence-corrected chi connectivity index (χ3v) is 3.47. The monoisotopic (exact) mass is 376 g/mol. The van der Waals surface area contributed by atoms with Gasteiger partial charge in [-0.3, -0.25) is 9.78 Å². The number of benzene rings is 2. The summed E-state index contributed by atoms with van der Waals surface area (Å²) in [6, 6.07) is 10.6. The van der Waals surface area contributed by atoms with Gasteiger partial charge in [0.05, 0.1) is 11.8 Å². The first-order valence-electron chi connectivity index (χ1n) is 7.68. The van der Waals surface area contributed by atoms with Gasteiger partial charge in [-0.05, 0) is 48.5 Å². The molecule has 0 aliphatic heterocycles. The van der Waals surface area contributed by atoms with E-state index in [1.165, 1.54) is 36.7 Å². The SMILES string of the molecule is O=C(Nc1cc(Oc2cccnc2)cc(C(F)(F)F)c1)c1ccc(F)cc1. The molecule has 0 aliphatic carbocycles. The van der Waals surface area contributed by atoms with Crippen LogP contribution in [0.5, 0.6) is 11.5 Å². The molecule has 0 radical (unpaired) electrons. The summed E-state index contributed by atoms with van der Waals surface area (Å²) < 4.78 is 57.8. The number of pyridine rings is 1. The number of alkyl halides is 3. The second-order valence-electron chi connectivity index (χ2n) is 5.50. The molecular formula is C19H12F4N2O2. The van der Waals surface area contributed by atoms with Crippen LogP contribution in [-0.4, -0.2) is 10.9 Å². The van der Waals surface area contributed by atoms with Crippen molar-refractivity contribution in [2.75, 3.05) is 5.32 Å². The summed E-state index contributed by atoms with van der Waals surface area (Å²) in [4.78, 5) is 16.0. The molecule has 1 amide bonds. The van der Waals surface area contributed by atoms with Crippen molar-refractivity contribution >= 4 is 11.6 Å². The fourth-order valence-electron chi connectivity index (χ4n) is 2.24. The minimum absolute atomic E-state index is 0.100. The Kier molecular flexibility index (Phi) is 5.07. The molecular weight excluding hydrogens is 364 g/mol. The van der Waals surface area contributed by atoms with Crippen LogP contribution in [0.25, 0.3) is 0 Å². The van der Waals surface area contributed by atoms with Crippen molar-refractivity contribution in [1.29, 1.82) is 0 Å². The fraction of sp³-hybridized carbons (Fsp3) is 0.0526. The van der Waals surface area contributed by atoms with Crippen LogP contribution in [0.3, 0.4) is 0 Å². The van der Waals surface area contributed by atoms with Gasteiger partial charge in [0.25, 0.3) is 5.91 Å². The minimum Gasteiger partial charge on any atom is -0.456 e. The van der Waals surface area contributed by atoms with E-state index in [-0.39, 0.29) is 22.7 Å². The Morgan fingerprint density at radius 1 is 1.00 bits per heavy atom. The highest BCUT2D eigenvalue weighted by atomic mass is 19.4. The quantitative estimate of drug-likeness (QED) is 0.630. The number of carbonyl (C=O) groups excluding carboxylic acids is 1. The predicted octanol–water partition coefficient (Wildman–Crippen LogP) is 5.28. The largest absolute Gasteiger partial charge is 0.456 e. The van der Waals surface area contributed by atoms with Gasteiger partial charge in [0.1, 0.15) is 17.3 Å². The number of aromatic nitrogens is 1. The van der Waals surface area contributed by atoms with Gasteiger partial charge in [-0.1, -0.05) is 0 Å². The predicted molar refractivity (Wildman–Crippen MR) is 90.1 cm³/mol. The number of nitrogens with zero attached hydrogens (tertiary/aromatic N) is 1. The molecule has 1 N–H and O–H groups in total. The second kappa shape index (κ2) is 7.45. The van der Waals surface area contributed by atoms with E-state index in [2.05, 4.69) is 10.3 Å². The number of amides is 1. The lowest BCUT2D eigenvalue weighted by Gasteiger charge is -2.14. The summed E-state index contributed by atoms with van der Waals surface area (Å²) in [6.45, 7) is 0. The lowest BCUT2D eigenvalue weighted by molar-refractivity contribution is -0.137. The fourth-order valence-corrected chi connectivity index (χ4v) is 2.24.